The zero-order valence-corrected chi connectivity index (χ0v) is 18.0. The number of nitrogens with zero attached hydrogens (tertiary/aromatic N) is 2. The van der Waals surface area contributed by atoms with E-state index in [-0.39, 0.29) is 36.0 Å². The summed E-state index contributed by atoms with van der Waals surface area (Å²) in [5.74, 6) is 0. The SMILES string of the molecule is Cc1ccc(C)c(S(=O)(=O)N2CCN(S(=O)(=O)c3ccc(C(F)(F)F)cc3)CC2)c1. The van der Waals surface area contributed by atoms with E-state index in [9.17, 15) is 30.0 Å². The standard InChI is InChI=1S/C19H21F3N2O4S2/c1-14-3-4-15(2)18(13-14)30(27,28)24-11-9-23(10-12-24)29(25,26)17-7-5-16(6-8-17)19(20,21)22/h3-8,13H,9-12H2,1-2H3. The van der Waals surface area contributed by atoms with E-state index in [0.717, 1.165) is 22.0 Å². The third kappa shape index (κ3) is 4.39. The first kappa shape index (κ1) is 22.7. The predicted molar refractivity (Wildman–Crippen MR) is 105 cm³/mol. The summed E-state index contributed by atoms with van der Waals surface area (Å²) in [5, 5.41) is 0. The van der Waals surface area contributed by atoms with E-state index in [1.165, 1.54) is 4.31 Å². The lowest BCUT2D eigenvalue weighted by atomic mass is 10.2. The molecule has 2 aromatic rings. The largest absolute Gasteiger partial charge is 0.416 e. The molecule has 1 aliphatic rings. The van der Waals surface area contributed by atoms with E-state index in [4.69, 9.17) is 0 Å². The van der Waals surface area contributed by atoms with Gasteiger partial charge in [-0.3, -0.25) is 0 Å². The Balaban J connectivity index is 1.77. The van der Waals surface area contributed by atoms with Crippen molar-refractivity contribution in [3.8, 4) is 0 Å². The Hall–Kier alpha value is -1.95. The van der Waals surface area contributed by atoms with Crippen LogP contribution >= 0.6 is 0 Å². The van der Waals surface area contributed by atoms with Crippen LogP contribution in [-0.2, 0) is 26.2 Å². The van der Waals surface area contributed by atoms with Crippen molar-refractivity contribution in [2.45, 2.75) is 29.8 Å². The summed E-state index contributed by atoms with van der Waals surface area (Å²) in [7, 11) is -7.81. The molecule has 0 N–H and O–H groups in total. The van der Waals surface area contributed by atoms with Gasteiger partial charge < -0.3 is 0 Å². The van der Waals surface area contributed by atoms with Crippen molar-refractivity contribution in [2.24, 2.45) is 0 Å². The van der Waals surface area contributed by atoms with Crippen molar-refractivity contribution >= 4 is 20.0 Å². The average Bonchev–Trinajstić information content (AvgIpc) is 2.69. The molecule has 2 aromatic carbocycles. The highest BCUT2D eigenvalue weighted by Crippen LogP contribution is 2.30. The molecule has 11 heteroatoms. The number of hydrogen-bond acceptors (Lipinski definition) is 4. The monoisotopic (exact) mass is 462 g/mol. The topological polar surface area (TPSA) is 74.8 Å². The number of hydrogen-bond donors (Lipinski definition) is 0. The maximum Gasteiger partial charge on any atom is 0.416 e. The fraction of sp³-hybridized carbons (Fsp3) is 0.368. The van der Waals surface area contributed by atoms with Crippen LogP contribution in [0.5, 0.6) is 0 Å². The van der Waals surface area contributed by atoms with Gasteiger partial charge in [-0.15, -0.1) is 0 Å². The summed E-state index contributed by atoms with van der Waals surface area (Å²) in [4.78, 5) is -0.0807. The van der Waals surface area contributed by atoms with E-state index in [1.54, 1.807) is 26.0 Å². The summed E-state index contributed by atoms with van der Waals surface area (Å²) in [6.45, 7) is 3.21. The molecule has 0 spiro atoms. The van der Waals surface area contributed by atoms with Gasteiger partial charge in [-0.1, -0.05) is 12.1 Å². The third-order valence-corrected chi connectivity index (χ3v) is 8.93. The Morgan fingerprint density at radius 3 is 1.77 bits per heavy atom. The van der Waals surface area contributed by atoms with Crippen molar-refractivity contribution in [3.63, 3.8) is 0 Å². The molecule has 0 aliphatic carbocycles. The van der Waals surface area contributed by atoms with E-state index in [1.807, 2.05) is 6.07 Å². The van der Waals surface area contributed by atoms with Crippen molar-refractivity contribution in [1.29, 1.82) is 0 Å². The van der Waals surface area contributed by atoms with Crippen LogP contribution in [0.15, 0.2) is 52.3 Å². The van der Waals surface area contributed by atoms with Crippen LogP contribution < -0.4 is 0 Å². The van der Waals surface area contributed by atoms with Crippen molar-refractivity contribution in [3.05, 3.63) is 59.2 Å². The number of halogens is 3. The van der Waals surface area contributed by atoms with E-state index < -0.39 is 31.8 Å². The normalized spacial score (nSPS) is 17.2. The fourth-order valence-electron chi connectivity index (χ4n) is 3.24. The van der Waals surface area contributed by atoms with E-state index in [2.05, 4.69) is 0 Å². The average molecular weight is 463 g/mol. The predicted octanol–water partition coefficient (Wildman–Crippen LogP) is 3.02. The Bertz CT molecular complexity index is 1140. The molecule has 164 valence electrons. The van der Waals surface area contributed by atoms with Crippen LogP contribution in [0.3, 0.4) is 0 Å². The number of rotatable bonds is 4. The lowest BCUT2D eigenvalue weighted by molar-refractivity contribution is -0.137. The molecular formula is C19H21F3N2O4S2. The van der Waals surface area contributed by atoms with Gasteiger partial charge in [0.05, 0.1) is 15.4 Å². The van der Waals surface area contributed by atoms with Gasteiger partial charge in [0.1, 0.15) is 0 Å². The zero-order valence-electron chi connectivity index (χ0n) is 16.3. The van der Waals surface area contributed by atoms with Crippen LogP contribution in [0.25, 0.3) is 0 Å². The lowest BCUT2D eigenvalue weighted by Crippen LogP contribution is -2.50. The van der Waals surface area contributed by atoms with E-state index >= 15 is 0 Å². The highest BCUT2D eigenvalue weighted by molar-refractivity contribution is 7.89. The number of benzene rings is 2. The minimum Gasteiger partial charge on any atom is -0.207 e. The van der Waals surface area contributed by atoms with Crippen LogP contribution in [0.2, 0.25) is 0 Å². The molecule has 0 radical (unpaired) electrons. The number of piperazine rings is 1. The second-order valence-electron chi connectivity index (χ2n) is 7.10. The van der Waals surface area contributed by atoms with Crippen LogP contribution in [0.4, 0.5) is 13.2 Å². The van der Waals surface area contributed by atoms with Gasteiger partial charge >= 0.3 is 6.18 Å². The Kier molecular flexibility index (Phi) is 6.02. The van der Waals surface area contributed by atoms with Crippen molar-refractivity contribution in [2.75, 3.05) is 26.2 Å². The quantitative estimate of drug-likeness (QED) is 0.700. The fourth-order valence-corrected chi connectivity index (χ4v) is 6.39. The molecule has 0 unspecified atom stereocenters. The van der Waals surface area contributed by atoms with Gasteiger partial charge in [0.15, 0.2) is 0 Å². The molecule has 0 saturated carbocycles. The molecule has 6 nitrogen and oxygen atoms in total. The Morgan fingerprint density at radius 1 is 0.767 bits per heavy atom. The molecule has 1 aliphatic heterocycles. The zero-order chi connectivity index (χ0) is 22.3. The van der Waals surface area contributed by atoms with Crippen LogP contribution in [0.1, 0.15) is 16.7 Å². The molecule has 1 saturated heterocycles. The van der Waals surface area contributed by atoms with Gasteiger partial charge in [-0.2, -0.15) is 21.8 Å². The summed E-state index contributed by atoms with van der Waals surface area (Å²) in [6, 6.07) is 8.36. The molecule has 1 heterocycles. The van der Waals surface area contributed by atoms with E-state index in [0.29, 0.717) is 17.7 Å². The highest BCUT2D eigenvalue weighted by Gasteiger charge is 2.35. The first-order valence-electron chi connectivity index (χ1n) is 9.08. The molecule has 30 heavy (non-hydrogen) atoms. The van der Waals surface area contributed by atoms with Gasteiger partial charge in [0.2, 0.25) is 20.0 Å². The Labute approximate surface area is 174 Å². The van der Waals surface area contributed by atoms with Gasteiger partial charge in [-0.25, -0.2) is 16.8 Å². The highest BCUT2D eigenvalue weighted by atomic mass is 32.2. The molecule has 0 amide bonds. The van der Waals surface area contributed by atoms with Gasteiger partial charge in [-0.05, 0) is 55.3 Å². The lowest BCUT2D eigenvalue weighted by Gasteiger charge is -2.33. The van der Waals surface area contributed by atoms with Gasteiger partial charge in [0.25, 0.3) is 0 Å². The smallest absolute Gasteiger partial charge is 0.207 e. The van der Waals surface area contributed by atoms with Gasteiger partial charge in [0, 0.05) is 26.2 Å². The Morgan fingerprint density at radius 2 is 1.27 bits per heavy atom. The summed E-state index contributed by atoms with van der Waals surface area (Å²) < 4.78 is 91.8. The first-order chi connectivity index (χ1) is 13.8. The minimum atomic E-state index is -4.56. The van der Waals surface area contributed by atoms with Crippen molar-refractivity contribution in [1.82, 2.24) is 8.61 Å². The molecule has 0 bridgehead atoms. The summed E-state index contributed by atoms with van der Waals surface area (Å²) in [6.07, 6.45) is -4.56. The second kappa shape index (κ2) is 7.95. The maximum atomic E-state index is 13.0. The maximum absolute atomic E-state index is 13.0. The minimum absolute atomic E-state index is 0.0461. The summed E-state index contributed by atoms with van der Waals surface area (Å²) in [5.41, 5.74) is 0.453. The molecule has 0 aromatic heterocycles. The molecule has 0 atom stereocenters. The third-order valence-electron chi connectivity index (χ3n) is 4.98. The van der Waals surface area contributed by atoms with Crippen LogP contribution in [0, 0.1) is 13.8 Å². The first-order valence-corrected chi connectivity index (χ1v) is 12.0. The number of alkyl halides is 3. The number of sulfonamides is 2. The molecule has 3 rings (SSSR count). The summed E-state index contributed by atoms with van der Waals surface area (Å²) >= 11 is 0. The number of aryl methyl sites for hydroxylation is 2. The molecule has 1 fully saturated rings. The second-order valence-corrected chi connectivity index (χ2v) is 10.9. The van der Waals surface area contributed by atoms with Crippen molar-refractivity contribution < 1.29 is 30.0 Å². The molecular weight excluding hydrogens is 441 g/mol. The van der Waals surface area contributed by atoms with Crippen LogP contribution in [-0.4, -0.2) is 51.6 Å².